The standard InChI is InChI=1S/C14H18FNO2/c1-3-14(13(17)18-2,16-10-8-9-10)11-6-4-5-7-12(11)15/h4-7,10,16H,3,8-9H2,1-2H3. The van der Waals surface area contributed by atoms with Crippen LogP contribution in [0.2, 0.25) is 0 Å². The van der Waals surface area contributed by atoms with Crippen molar-refractivity contribution in [3.63, 3.8) is 0 Å². The fourth-order valence-corrected chi connectivity index (χ4v) is 2.24. The van der Waals surface area contributed by atoms with E-state index in [9.17, 15) is 9.18 Å². The van der Waals surface area contributed by atoms with E-state index in [1.54, 1.807) is 18.2 Å². The van der Waals surface area contributed by atoms with Gasteiger partial charge in [0.2, 0.25) is 0 Å². The Bertz CT molecular complexity index is 445. The summed E-state index contributed by atoms with van der Waals surface area (Å²) in [5.74, 6) is -0.806. The minimum Gasteiger partial charge on any atom is -0.467 e. The Balaban J connectivity index is 2.45. The molecule has 1 N–H and O–H groups in total. The van der Waals surface area contributed by atoms with Gasteiger partial charge in [-0.25, -0.2) is 9.18 Å². The van der Waals surface area contributed by atoms with Gasteiger partial charge in [-0.2, -0.15) is 0 Å². The lowest BCUT2D eigenvalue weighted by Crippen LogP contribution is -2.51. The molecule has 0 aromatic heterocycles. The first-order chi connectivity index (χ1) is 8.64. The lowest BCUT2D eigenvalue weighted by molar-refractivity contribution is -0.149. The fourth-order valence-electron chi connectivity index (χ4n) is 2.24. The SMILES string of the molecule is CCC(NC1CC1)(C(=O)OC)c1ccccc1F. The molecule has 0 bridgehead atoms. The molecule has 98 valence electrons. The Morgan fingerprint density at radius 2 is 2.17 bits per heavy atom. The summed E-state index contributed by atoms with van der Waals surface area (Å²) in [4.78, 5) is 12.1. The molecule has 3 nitrogen and oxygen atoms in total. The summed E-state index contributed by atoms with van der Waals surface area (Å²) in [5, 5.41) is 3.25. The summed E-state index contributed by atoms with van der Waals surface area (Å²) in [6.07, 6.45) is 2.50. The van der Waals surface area contributed by atoms with Gasteiger partial charge in [0.1, 0.15) is 11.4 Å². The van der Waals surface area contributed by atoms with Crippen molar-refractivity contribution in [1.82, 2.24) is 5.32 Å². The third kappa shape index (κ3) is 2.25. The molecule has 18 heavy (non-hydrogen) atoms. The van der Waals surface area contributed by atoms with Crippen LogP contribution in [0.15, 0.2) is 24.3 Å². The minimum absolute atomic E-state index is 0.281. The molecule has 0 aliphatic heterocycles. The predicted molar refractivity (Wildman–Crippen MR) is 66.5 cm³/mol. The zero-order valence-corrected chi connectivity index (χ0v) is 10.7. The minimum atomic E-state index is -1.07. The molecule has 1 atom stereocenters. The first kappa shape index (κ1) is 13.0. The van der Waals surface area contributed by atoms with Gasteiger partial charge >= 0.3 is 5.97 Å². The van der Waals surface area contributed by atoms with Crippen LogP contribution in [0.25, 0.3) is 0 Å². The van der Waals surface area contributed by atoms with Gasteiger partial charge in [-0.3, -0.25) is 5.32 Å². The zero-order valence-electron chi connectivity index (χ0n) is 10.7. The molecule has 2 rings (SSSR count). The van der Waals surface area contributed by atoms with Crippen LogP contribution >= 0.6 is 0 Å². The number of hydrogen-bond acceptors (Lipinski definition) is 3. The Hall–Kier alpha value is -1.42. The normalized spacial score (nSPS) is 18.2. The van der Waals surface area contributed by atoms with Gasteiger partial charge in [-0.15, -0.1) is 0 Å². The second kappa shape index (κ2) is 5.06. The average molecular weight is 251 g/mol. The van der Waals surface area contributed by atoms with Crippen LogP contribution < -0.4 is 5.32 Å². The highest BCUT2D eigenvalue weighted by atomic mass is 19.1. The molecule has 1 saturated carbocycles. The molecule has 0 spiro atoms. The third-order valence-corrected chi connectivity index (χ3v) is 3.43. The number of carbonyl (C=O) groups is 1. The van der Waals surface area contributed by atoms with Gasteiger partial charge in [-0.1, -0.05) is 25.1 Å². The molecule has 1 aliphatic carbocycles. The van der Waals surface area contributed by atoms with Crippen LogP contribution in [0.3, 0.4) is 0 Å². The largest absolute Gasteiger partial charge is 0.467 e. The molecule has 1 aromatic carbocycles. The van der Waals surface area contributed by atoms with E-state index in [1.807, 2.05) is 6.92 Å². The van der Waals surface area contributed by atoms with E-state index in [-0.39, 0.29) is 11.9 Å². The van der Waals surface area contributed by atoms with Crippen molar-refractivity contribution in [2.45, 2.75) is 37.8 Å². The average Bonchev–Trinajstić information content (AvgIpc) is 3.20. The maximum atomic E-state index is 14.0. The number of carbonyl (C=O) groups excluding carboxylic acids is 1. The molecule has 1 aliphatic rings. The molecule has 0 heterocycles. The molecule has 0 radical (unpaired) electrons. The van der Waals surface area contributed by atoms with Crippen LogP contribution in [-0.4, -0.2) is 19.1 Å². The van der Waals surface area contributed by atoms with Crippen molar-refractivity contribution in [2.75, 3.05) is 7.11 Å². The van der Waals surface area contributed by atoms with Crippen LogP contribution in [0.5, 0.6) is 0 Å². The summed E-state index contributed by atoms with van der Waals surface area (Å²) in [6.45, 7) is 1.86. The molecular weight excluding hydrogens is 233 g/mol. The highest BCUT2D eigenvalue weighted by Gasteiger charge is 2.45. The first-order valence-electron chi connectivity index (χ1n) is 6.25. The smallest absolute Gasteiger partial charge is 0.330 e. The lowest BCUT2D eigenvalue weighted by atomic mass is 9.86. The van der Waals surface area contributed by atoms with Gasteiger partial charge in [0.25, 0.3) is 0 Å². The molecule has 1 unspecified atom stereocenters. The van der Waals surface area contributed by atoms with Crippen molar-refractivity contribution in [3.8, 4) is 0 Å². The van der Waals surface area contributed by atoms with E-state index >= 15 is 0 Å². The Labute approximate surface area is 106 Å². The highest BCUT2D eigenvalue weighted by Crippen LogP contribution is 2.33. The summed E-state index contributed by atoms with van der Waals surface area (Å²) in [7, 11) is 1.34. The zero-order chi connectivity index (χ0) is 13.2. The molecule has 0 saturated heterocycles. The van der Waals surface area contributed by atoms with Crippen molar-refractivity contribution in [1.29, 1.82) is 0 Å². The number of benzene rings is 1. The first-order valence-corrected chi connectivity index (χ1v) is 6.25. The number of ether oxygens (including phenoxy) is 1. The van der Waals surface area contributed by atoms with E-state index in [0.29, 0.717) is 12.0 Å². The molecular formula is C14H18FNO2. The molecule has 1 aromatic rings. The van der Waals surface area contributed by atoms with E-state index in [0.717, 1.165) is 12.8 Å². The van der Waals surface area contributed by atoms with Crippen LogP contribution in [0, 0.1) is 5.82 Å². The second-order valence-electron chi connectivity index (χ2n) is 4.65. The summed E-state index contributed by atoms with van der Waals surface area (Å²) in [5.41, 5.74) is -0.701. The number of esters is 1. The number of rotatable bonds is 5. The molecule has 1 fully saturated rings. The monoisotopic (exact) mass is 251 g/mol. The summed E-state index contributed by atoms with van der Waals surface area (Å²) < 4.78 is 18.9. The Morgan fingerprint density at radius 1 is 1.50 bits per heavy atom. The van der Waals surface area contributed by atoms with Crippen molar-refractivity contribution in [3.05, 3.63) is 35.6 Å². The van der Waals surface area contributed by atoms with Crippen LogP contribution in [-0.2, 0) is 15.1 Å². The fraction of sp³-hybridized carbons (Fsp3) is 0.500. The van der Waals surface area contributed by atoms with E-state index < -0.39 is 11.5 Å². The molecule has 4 heteroatoms. The number of methoxy groups -OCH3 is 1. The van der Waals surface area contributed by atoms with Crippen LogP contribution in [0.4, 0.5) is 4.39 Å². The number of halogens is 1. The van der Waals surface area contributed by atoms with E-state index in [1.165, 1.54) is 13.2 Å². The summed E-state index contributed by atoms with van der Waals surface area (Å²) >= 11 is 0. The van der Waals surface area contributed by atoms with Gasteiger partial charge in [-0.05, 0) is 25.3 Å². The maximum Gasteiger partial charge on any atom is 0.330 e. The quantitative estimate of drug-likeness (QED) is 0.816. The maximum absolute atomic E-state index is 14.0. The predicted octanol–water partition coefficient (Wildman–Crippen LogP) is 2.36. The number of nitrogens with one attached hydrogen (secondary N) is 1. The van der Waals surface area contributed by atoms with Gasteiger partial charge < -0.3 is 4.74 Å². The van der Waals surface area contributed by atoms with Gasteiger partial charge in [0, 0.05) is 11.6 Å². The lowest BCUT2D eigenvalue weighted by Gasteiger charge is -2.32. The van der Waals surface area contributed by atoms with Gasteiger partial charge in [0.15, 0.2) is 0 Å². The van der Waals surface area contributed by atoms with Crippen molar-refractivity contribution < 1.29 is 13.9 Å². The van der Waals surface area contributed by atoms with E-state index in [4.69, 9.17) is 4.74 Å². The van der Waals surface area contributed by atoms with Crippen molar-refractivity contribution in [2.24, 2.45) is 0 Å². The Kier molecular flexibility index (Phi) is 3.66. The van der Waals surface area contributed by atoms with Gasteiger partial charge in [0.05, 0.1) is 7.11 Å². The Morgan fingerprint density at radius 3 is 2.67 bits per heavy atom. The summed E-state index contributed by atoms with van der Waals surface area (Å²) in [6, 6.07) is 6.65. The van der Waals surface area contributed by atoms with E-state index in [2.05, 4.69) is 5.32 Å². The van der Waals surface area contributed by atoms with Crippen LogP contribution in [0.1, 0.15) is 31.7 Å². The number of hydrogen-bond donors (Lipinski definition) is 1. The third-order valence-electron chi connectivity index (χ3n) is 3.43. The van der Waals surface area contributed by atoms with Crippen molar-refractivity contribution >= 4 is 5.97 Å². The highest BCUT2D eigenvalue weighted by molar-refractivity contribution is 5.82. The topological polar surface area (TPSA) is 38.3 Å². The molecule has 0 amide bonds. The second-order valence-corrected chi connectivity index (χ2v) is 4.65.